The third-order valence-corrected chi connectivity index (χ3v) is 2.76. The molecule has 0 fully saturated rings. The van der Waals surface area contributed by atoms with Crippen molar-refractivity contribution in [2.45, 2.75) is 25.7 Å². The molecular weight excluding hydrogens is 176 g/mol. The molecule has 0 radical (unpaired) electrons. The highest BCUT2D eigenvalue weighted by atomic mass is 16.5. The summed E-state index contributed by atoms with van der Waals surface area (Å²) in [6.07, 6.45) is 9.44. The molecule has 0 amide bonds. The lowest BCUT2D eigenvalue weighted by molar-refractivity contribution is -0.115. The third kappa shape index (κ3) is 1.65. The molecule has 2 aliphatic rings. The normalized spacial score (nSPS) is 21.5. The number of carbonyl (C=O) groups is 1. The molecule has 2 rings (SSSR count). The van der Waals surface area contributed by atoms with Gasteiger partial charge in [-0.1, -0.05) is 5.57 Å². The van der Waals surface area contributed by atoms with Crippen LogP contribution in [0.3, 0.4) is 0 Å². The van der Waals surface area contributed by atoms with Gasteiger partial charge in [0, 0.05) is 12.0 Å². The first kappa shape index (κ1) is 9.25. The van der Waals surface area contributed by atoms with Crippen molar-refractivity contribution in [1.82, 2.24) is 0 Å². The number of methoxy groups -OCH3 is 1. The second-order valence-corrected chi connectivity index (χ2v) is 3.64. The van der Waals surface area contributed by atoms with Gasteiger partial charge in [0.15, 0.2) is 5.78 Å². The van der Waals surface area contributed by atoms with Crippen LogP contribution >= 0.6 is 0 Å². The van der Waals surface area contributed by atoms with E-state index >= 15 is 0 Å². The monoisotopic (exact) mass is 190 g/mol. The molecule has 0 saturated carbocycles. The third-order valence-electron chi connectivity index (χ3n) is 2.76. The number of ether oxygens (including phenoxy) is 1. The van der Waals surface area contributed by atoms with Gasteiger partial charge in [0.2, 0.25) is 0 Å². The van der Waals surface area contributed by atoms with Crippen molar-refractivity contribution in [1.29, 1.82) is 0 Å². The van der Waals surface area contributed by atoms with Gasteiger partial charge in [-0.05, 0) is 37.5 Å². The zero-order valence-electron chi connectivity index (χ0n) is 8.38. The summed E-state index contributed by atoms with van der Waals surface area (Å²) in [4.78, 5) is 11.6. The number of hydrogen-bond acceptors (Lipinski definition) is 2. The molecule has 0 saturated heterocycles. The van der Waals surface area contributed by atoms with Crippen LogP contribution in [0.5, 0.6) is 0 Å². The van der Waals surface area contributed by atoms with E-state index in [2.05, 4.69) is 0 Å². The molecule has 2 nitrogen and oxygen atoms in total. The Morgan fingerprint density at radius 2 is 2.14 bits per heavy atom. The quantitative estimate of drug-likeness (QED) is 0.635. The number of carbonyl (C=O) groups excluding carboxylic acids is 1. The minimum absolute atomic E-state index is 0.285. The second-order valence-electron chi connectivity index (χ2n) is 3.64. The average Bonchev–Trinajstić information content (AvgIpc) is 2.41. The van der Waals surface area contributed by atoms with Gasteiger partial charge in [-0.2, -0.15) is 0 Å². The lowest BCUT2D eigenvalue weighted by Crippen LogP contribution is -2.09. The first-order valence-electron chi connectivity index (χ1n) is 4.98. The average molecular weight is 190 g/mol. The zero-order valence-corrected chi connectivity index (χ0v) is 8.38. The lowest BCUT2D eigenvalue weighted by atomic mass is 9.89. The van der Waals surface area contributed by atoms with Crippen molar-refractivity contribution in [3.05, 3.63) is 35.1 Å². The van der Waals surface area contributed by atoms with Crippen molar-refractivity contribution in [2.24, 2.45) is 0 Å². The van der Waals surface area contributed by atoms with Gasteiger partial charge in [-0.15, -0.1) is 0 Å². The molecule has 0 heterocycles. The molecule has 0 spiro atoms. The number of Topliss-reactive ketones (excluding diaryl/α,β-unsaturated/α-hetero) is 1. The first-order chi connectivity index (χ1) is 6.81. The van der Waals surface area contributed by atoms with Gasteiger partial charge in [-0.25, -0.2) is 0 Å². The Morgan fingerprint density at radius 1 is 1.29 bits per heavy atom. The van der Waals surface area contributed by atoms with Gasteiger partial charge in [-0.3, -0.25) is 4.79 Å². The Morgan fingerprint density at radius 3 is 2.93 bits per heavy atom. The van der Waals surface area contributed by atoms with E-state index in [1.54, 1.807) is 7.11 Å². The minimum Gasteiger partial charge on any atom is -0.497 e. The highest BCUT2D eigenvalue weighted by molar-refractivity contribution is 5.99. The molecule has 0 aromatic heterocycles. The number of hydrogen-bond donors (Lipinski definition) is 0. The van der Waals surface area contributed by atoms with Crippen molar-refractivity contribution >= 4 is 5.78 Å². The SMILES string of the molecule is COC1=CCC2=C(C=C1)C(=O)CCC2. The fourth-order valence-corrected chi connectivity index (χ4v) is 1.96. The fraction of sp³-hybridized carbons (Fsp3) is 0.417. The van der Waals surface area contributed by atoms with Gasteiger partial charge in [0.1, 0.15) is 5.76 Å². The van der Waals surface area contributed by atoms with Gasteiger partial charge in [0.05, 0.1) is 7.11 Å². The Labute approximate surface area is 83.9 Å². The van der Waals surface area contributed by atoms with Crippen LogP contribution in [-0.4, -0.2) is 12.9 Å². The summed E-state index contributed by atoms with van der Waals surface area (Å²) in [6, 6.07) is 0. The minimum atomic E-state index is 0.285. The molecule has 0 N–H and O–H groups in total. The summed E-state index contributed by atoms with van der Waals surface area (Å²) >= 11 is 0. The maximum atomic E-state index is 11.6. The summed E-state index contributed by atoms with van der Waals surface area (Å²) in [5, 5.41) is 0. The van der Waals surface area contributed by atoms with Crippen molar-refractivity contribution < 1.29 is 9.53 Å². The van der Waals surface area contributed by atoms with Crippen LogP contribution in [0.15, 0.2) is 35.1 Å². The van der Waals surface area contributed by atoms with Gasteiger partial charge >= 0.3 is 0 Å². The van der Waals surface area contributed by atoms with E-state index in [0.29, 0.717) is 6.42 Å². The standard InChI is InChI=1S/C12H14O2/c1-14-10-6-5-9-3-2-4-12(13)11(9)8-7-10/h6-8H,2-5H2,1H3. The fourth-order valence-electron chi connectivity index (χ4n) is 1.96. The summed E-state index contributed by atoms with van der Waals surface area (Å²) in [5.41, 5.74) is 2.18. The molecule has 0 atom stereocenters. The smallest absolute Gasteiger partial charge is 0.162 e. The van der Waals surface area contributed by atoms with Crippen LogP contribution in [0.25, 0.3) is 0 Å². The van der Waals surface area contributed by atoms with Gasteiger partial charge in [0.25, 0.3) is 0 Å². The molecule has 0 aromatic carbocycles. The van der Waals surface area contributed by atoms with Crippen molar-refractivity contribution in [3.63, 3.8) is 0 Å². The van der Waals surface area contributed by atoms with Crippen LogP contribution in [0.4, 0.5) is 0 Å². The highest BCUT2D eigenvalue weighted by Gasteiger charge is 2.19. The molecule has 14 heavy (non-hydrogen) atoms. The molecule has 0 bridgehead atoms. The van der Waals surface area contributed by atoms with E-state index in [0.717, 1.165) is 30.6 Å². The van der Waals surface area contributed by atoms with E-state index < -0.39 is 0 Å². The topological polar surface area (TPSA) is 26.3 Å². The molecule has 2 aliphatic carbocycles. The summed E-state index contributed by atoms with van der Waals surface area (Å²) in [7, 11) is 1.66. The van der Waals surface area contributed by atoms with E-state index in [1.807, 2.05) is 18.2 Å². The molecule has 0 aromatic rings. The van der Waals surface area contributed by atoms with E-state index in [9.17, 15) is 4.79 Å². The van der Waals surface area contributed by atoms with Crippen molar-refractivity contribution in [2.75, 3.05) is 7.11 Å². The zero-order chi connectivity index (χ0) is 9.97. The molecule has 2 heteroatoms. The van der Waals surface area contributed by atoms with Crippen LogP contribution in [-0.2, 0) is 9.53 Å². The molecule has 0 unspecified atom stereocenters. The van der Waals surface area contributed by atoms with E-state index in [4.69, 9.17) is 4.74 Å². The molecular formula is C12H14O2. The Bertz CT molecular complexity index is 345. The summed E-state index contributed by atoms with van der Waals surface area (Å²) in [6.45, 7) is 0. The van der Waals surface area contributed by atoms with Gasteiger partial charge < -0.3 is 4.74 Å². The van der Waals surface area contributed by atoms with Crippen molar-refractivity contribution in [3.8, 4) is 0 Å². The first-order valence-corrected chi connectivity index (χ1v) is 4.98. The number of allylic oxidation sites excluding steroid dienone is 5. The highest BCUT2D eigenvalue weighted by Crippen LogP contribution is 2.28. The van der Waals surface area contributed by atoms with E-state index in [-0.39, 0.29) is 5.78 Å². The lowest BCUT2D eigenvalue weighted by Gasteiger charge is -2.14. The molecule has 74 valence electrons. The Kier molecular flexibility index (Phi) is 2.53. The van der Waals surface area contributed by atoms with E-state index in [1.165, 1.54) is 5.57 Å². The maximum Gasteiger partial charge on any atom is 0.162 e. The van der Waals surface area contributed by atoms with Crippen LogP contribution < -0.4 is 0 Å². The number of ketones is 1. The number of rotatable bonds is 1. The Balaban J connectivity index is 2.30. The second kappa shape index (κ2) is 3.82. The molecule has 0 aliphatic heterocycles. The van der Waals surface area contributed by atoms with Crippen LogP contribution in [0, 0.1) is 0 Å². The summed E-state index contributed by atoms with van der Waals surface area (Å²) < 4.78 is 5.15. The predicted molar refractivity (Wildman–Crippen MR) is 54.7 cm³/mol. The summed E-state index contributed by atoms with van der Waals surface area (Å²) in [5.74, 6) is 1.14. The largest absolute Gasteiger partial charge is 0.497 e. The van der Waals surface area contributed by atoms with Crippen LogP contribution in [0.2, 0.25) is 0 Å². The Hall–Kier alpha value is -1.31. The van der Waals surface area contributed by atoms with Crippen LogP contribution in [0.1, 0.15) is 25.7 Å². The predicted octanol–water partition coefficient (Wildman–Crippen LogP) is 2.53. The maximum absolute atomic E-state index is 11.6.